The zero-order valence-corrected chi connectivity index (χ0v) is 20.4. The molecule has 0 radical (unpaired) electrons. The van der Waals surface area contributed by atoms with Crippen LogP contribution in [0.4, 0.5) is 30.7 Å². The minimum Gasteiger partial charge on any atom is -0.484 e. The van der Waals surface area contributed by atoms with E-state index in [2.05, 4.69) is 11.3 Å². The lowest BCUT2D eigenvalue weighted by atomic mass is 9.94. The first kappa shape index (κ1) is 27.7. The maximum absolute atomic E-state index is 15.0. The largest absolute Gasteiger partial charge is 0.484 e. The number of rotatable bonds is 6. The summed E-state index contributed by atoms with van der Waals surface area (Å²) in [6.45, 7) is 5.12. The molecule has 34 heavy (non-hydrogen) atoms. The van der Waals surface area contributed by atoms with Gasteiger partial charge in [-0.1, -0.05) is 50.8 Å². The Hall–Kier alpha value is -2.50. The number of hydrogen-bond donors (Lipinski definition) is 0. The molecule has 0 saturated carbocycles. The average Bonchev–Trinajstić information content (AvgIpc) is 2.77. The molecule has 0 aliphatic carbocycles. The van der Waals surface area contributed by atoms with E-state index in [-0.39, 0.29) is 17.0 Å². The summed E-state index contributed by atoms with van der Waals surface area (Å²) in [4.78, 5) is 1.01. The molecular formula is C24H21F7INO. The van der Waals surface area contributed by atoms with Gasteiger partial charge in [-0.25, -0.2) is 17.6 Å². The molecule has 0 fully saturated rings. The van der Waals surface area contributed by atoms with Gasteiger partial charge in [0, 0.05) is 27.0 Å². The van der Waals surface area contributed by atoms with Gasteiger partial charge in [0.15, 0.2) is 6.61 Å². The average molecular weight is 599 g/mol. The Balaban J connectivity index is 0.00000199. The molecule has 3 rings (SSSR count). The van der Waals surface area contributed by atoms with E-state index in [1.165, 1.54) is 0 Å². The SMILES string of the molecule is C=C1C(I)=CC(c2ccccc2)=C(c2c(F)cc(OCC(F)(F)F)cc2F)N1CC(F)F.CC. The Morgan fingerprint density at radius 3 is 2.09 bits per heavy atom. The smallest absolute Gasteiger partial charge is 0.422 e. The summed E-state index contributed by atoms with van der Waals surface area (Å²) in [6, 6.07) is 9.51. The summed E-state index contributed by atoms with van der Waals surface area (Å²) < 4.78 is 98.9. The van der Waals surface area contributed by atoms with Gasteiger partial charge >= 0.3 is 6.18 Å². The van der Waals surface area contributed by atoms with Crippen molar-refractivity contribution in [2.24, 2.45) is 0 Å². The van der Waals surface area contributed by atoms with E-state index in [1.54, 1.807) is 36.4 Å². The van der Waals surface area contributed by atoms with Crippen LogP contribution in [0.3, 0.4) is 0 Å². The molecule has 0 unspecified atom stereocenters. The van der Waals surface area contributed by atoms with Crippen LogP contribution in [0.25, 0.3) is 11.3 Å². The molecule has 0 atom stereocenters. The molecule has 0 spiro atoms. The predicted octanol–water partition coefficient (Wildman–Crippen LogP) is 8.21. The van der Waals surface area contributed by atoms with Gasteiger partial charge in [-0.3, -0.25) is 0 Å². The Labute approximate surface area is 206 Å². The lowest BCUT2D eigenvalue weighted by Gasteiger charge is -2.34. The highest BCUT2D eigenvalue weighted by Gasteiger charge is 2.32. The van der Waals surface area contributed by atoms with Crippen molar-refractivity contribution in [2.75, 3.05) is 13.2 Å². The third kappa shape index (κ3) is 6.77. The van der Waals surface area contributed by atoms with Crippen LogP contribution in [-0.4, -0.2) is 30.7 Å². The van der Waals surface area contributed by atoms with Crippen molar-refractivity contribution in [3.05, 3.63) is 87.2 Å². The van der Waals surface area contributed by atoms with Crippen molar-refractivity contribution >= 4 is 33.9 Å². The maximum Gasteiger partial charge on any atom is 0.422 e. The fourth-order valence-corrected chi connectivity index (χ4v) is 3.76. The normalized spacial score (nSPS) is 14.1. The zero-order valence-electron chi connectivity index (χ0n) is 18.2. The Morgan fingerprint density at radius 1 is 1.03 bits per heavy atom. The molecule has 1 aliphatic rings. The molecule has 0 amide bonds. The highest BCUT2D eigenvalue weighted by atomic mass is 127. The number of nitrogens with zero attached hydrogens (tertiary/aromatic N) is 1. The van der Waals surface area contributed by atoms with Crippen LogP contribution in [0, 0.1) is 11.6 Å². The molecule has 184 valence electrons. The fourth-order valence-electron chi connectivity index (χ4n) is 3.16. The number of hydrogen-bond acceptors (Lipinski definition) is 2. The molecule has 1 heterocycles. The van der Waals surface area contributed by atoms with Crippen LogP contribution in [0.15, 0.2) is 64.4 Å². The van der Waals surface area contributed by atoms with E-state index < -0.39 is 48.7 Å². The van der Waals surface area contributed by atoms with Gasteiger partial charge in [-0.05, 0) is 34.2 Å². The quantitative estimate of drug-likeness (QED) is 0.245. The van der Waals surface area contributed by atoms with Crippen LogP contribution in [0.1, 0.15) is 25.0 Å². The number of ether oxygens (including phenoxy) is 1. The van der Waals surface area contributed by atoms with Crippen LogP contribution < -0.4 is 4.74 Å². The van der Waals surface area contributed by atoms with Crippen molar-refractivity contribution in [3.8, 4) is 5.75 Å². The second kappa shape index (κ2) is 11.8. The van der Waals surface area contributed by atoms with E-state index in [4.69, 9.17) is 0 Å². The molecule has 2 aromatic carbocycles. The van der Waals surface area contributed by atoms with Gasteiger partial charge in [-0.15, -0.1) is 0 Å². The highest BCUT2D eigenvalue weighted by Crippen LogP contribution is 2.43. The van der Waals surface area contributed by atoms with Gasteiger partial charge in [0.25, 0.3) is 6.43 Å². The van der Waals surface area contributed by atoms with Gasteiger partial charge < -0.3 is 9.64 Å². The van der Waals surface area contributed by atoms with Gasteiger partial charge in [0.1, 0.15) is 17.4 Å². The monoisotopic (exact) mass is 599 g/mol. The summed E-state index contributed by atoms with van der Waals surface area (Å²) in [5.41, 5.74) is -0.0225. The number of allylic oxidation sites excluding steroid dienone is 3. The van der Waals surface area contributed by atoms with E-state index in [9.17, 15) is 22.0 Å². The van der Waals surface area contributed by atoms with Crippen LogP contribution >= 0.6 is 22.6 Å². The Bertz CT molecular complexity index is 1060. The molecular weight excluding hydrogens is 578 g/mol. The summed E-state index contributed by atoms with van der Waals surface area (Å²) in [6.07, 6.45) is -6.00. The van der Waals surface area contributed by atoms with Crippen molar-refractivity contribution in [1.29, 1.82) is 0 Å². The molecule has 2 nitrogen and oxygen atoms in total. The second-order valence-electron chi connectivity index (χ2n) is 6.73. The van der Waals surface area contributed by atoms with E-state index in [0.717, 1.165) is 4.90 Å². The third-order valence-corrected chi connectivity index (χ3v) is 5.39. The van der Waals surface area contributed by atoms with Crippen molar-refractivity contribution in [1.82, 2.24) is 4.90 Å². The summed E-state index contributed by atoms with van der Waals surface area (Å²) in [5.74, 6) is -3.20. The third-order valence-electron chi connectivity index (χ3n) is 4.46. The molecule has 0 saturated heterocycles. The van der Waals surface area contributed by atoms with Crippen LogP contribution in [0.2, 0.25) is 0 Å². The summed E-state index contributed by atoms with van der Waals surface area (Å²) in [5, 5.41) is 0. The van der Waals surface area contributed by atoms with Gasteiger partial charge in [0.2, 0.25) is 0 Å². The summed E-state index contributed by atoms with van der Waals surface area (Å²) in [7, 11) is 0. The van der Waals surface area contributed by atoms with Gasteiger partial charge in [-0.2, -0.15) is 13.2 Å². The van der Waals surface area contributed by atoms with E-state index in [1.807, 2.05) is 36.4 Å². The molecule has 2 aromatic rings. The Morgan fingerprint density at radius 2 is 1.59 bits per heavy atom. The number of benzene rings is 2. The van der Waals surface area contributed by atoms with Crippen molar-refractivity contribution < 1.29 is 35.5 Å². The van der Waals surface area contributed by atoms with Crippen molar-refractivity contribution in [2.45, 2.75) is 26.4 Å². The first-order valence-corrected chi connectivity index (χ1v) is 11.2. The van der Waals surface area contributed by atoms with Gasteiger partial charge in [0.05, 0.1) is 17.8 Å². The predicted molar refractivity (Wildman–Crippen MR) is 126 cm³/mol. The summed E-state index contributed by atoms with van der Waals surface area (Å²) >= 11 is 1.88. The number of halogens is 8. The fraction of sp³-hybridized carbons (Fsp3) is 0.250. The zero-order chi connectivity index (χ0) is 25.6. The minimum atomic E-state index is -4.70. The molecule has 10 heteroatoms. The molecule has 1 aliphatic heterocycles. The Kier molecular flexibility index (Phi) is 9.60. The molecule has 0 N–H and O–H groups in total. The second-order valence-corrected chi connectivity index (χ2v) is 7.90. The number of alkyl halides is 5. The molecule has 0 aromatic heterocycles. The van der Waals surface area contributed by atoms with E-state index >= 15 is 8.78 Å². The van der Waals surface area contributed by atoms with Crippen LogP contribution in [0.5, 0.6) is 5.75 Å². The highest BCUT2D eigenvalue weighted by molar-refractivity contribution is 14.1. The lowest BCUT2D eigenvalue weighted by molar-refractivity contribution is -0.153. The lowest BCUT2D eigenvalue weighted by Crippen LogP contribution is -2.30. The van der Waals surface area contributed by atoms with E-state index in [0.29, 0.717) is 21.3 Å². The minimum absolute atomic E-state index is 0.108. The van der Waals surface area contributed by atoms with Crippen LogP contribution in [-0.2, 0) is 0 Å². The standard InChI is InChI=1S/C22H15F7INO.C2H6/c1-12-18(30)9-15(13-5-3-2-4-6-13)21(31(12)10-19(25)26)20-16(23)7-14(8-17(20)24)32-11-22(27,28)29;1-2/h2-9,19H,1,10-11H2;1-2H3. The maximum atomic E-state index is 15.0. The topological polar surface area (TPSA) is 12.5 Å². The first-order chi connectivity index (χ1) is 16.0. The molecule has 0 bridgehead atoms. The first-order valence-electron chi connectivity index (χ1n) is 10.1. The van der Waals surface area contributed by atoms with Crippen molar-refractivity contribution in [3.63, 3.8) is 0 Å².